The largest absolute Gasteiger partial charge is 0.384 e. The van der Waals surface area contributed by atoms with E-state index in [0.717, 1.165) is 4.88 Å². The van der Waals surface area contributed by atoms with Gasteiger partial charge < -0.3 is 5.11 Å². The van der Waals surface area contributed by atoms with Crippen molar-refractivity contribution in [2.45, 2.75) is 18.9 Å². The minimum atomic E-state index is -0.726. The minimum Gasteiger partial charge on any atom is -0.384 e. The molecule has 0 saturated heterocycles. The van der Waals surface area contributed by atoms with Gasteiger partial charge in [-0.05, 0) is 24.8 Å². The van der Waals surface area contributed by atoms with Crippen LogP contribution in [0.25, 0.3) is 0 Å². The Morgan fingerprint density at radius 3 is 3.00 bits per heavy atom. The Bertz CT molecular complexity index is 224. The first-order chi connectivity index (χ1) is 5.17. The third-order valence-corrected chi connectivity index (χ3v) is 2.72. The van der Waals surface area contributed by atoms with Gasteiger partial charge in [-0.25, -0.2) is 0 Å². The van der Waals surface area contributed by atoms with E-state index < -0.39 is 5.60 Å². The van der Waals surface area contributed by atoms with Crippen molar-refractivity contribution in [1.82, 2.24) is 0 Å². The first-order valence-corrected chi connectivity index (χ1v) is 4.42. The fourth-order valence-corrected chi connectivity index (χ4v) is 1.76. The van der Waals surface area contributed by atoms with Crippen molar-refractivity contribution in [3.05, 3.63) is 35.0 Å². The summed E-state index contributed by atoms with van der Waals surface area (Å²) in [6.45, 7) is 5.41. The van der Waals surface area contributed by atoms with Gasteiger partial charge in [-0.15, -0.1) is 17.9 Å². The van der Waals surface area contributed by atoms with Crippen molar-refractivity contribution in [2.75, 3.05) is 0 Å². The van der Waals surface area contributed by atoms with E-state index in [1.165, 1.54) is 0 Å². The van der Waals surface area contributed by atoms with Crippen molar-refractivity contribution in [3.63, 3.8) is 0 Å². The van der Waals surface area contributed by atoms with Gasteiger partial charge in [0.15, 0.2) is 0 Å². The van der Waals surface area contributed by atoms with Crippen molar-refractivity contribution < 1.29 is 5.11 Å². The van der Waals surface area contributed by atoms with E-state index in [1.807, 2.05) is 17.5 Å². The molecule has 0 bridgehead atoms. The van der Waals surface area contributed by atoms with Gasteiger partial charge >= 0.3 is 0 Å². The highest BCUT2D eigenvalue weighted by atomic mass is 32.1. The van der Waals surface area contributed by atoms with Crippen LogP contribution in [0.4, 0.5) is 0 Å². The monoisotopic (exact) mass is 168 g/mol. The number of hydrogen-bond donors (Lipinski definition) is 1. The van der Waals surface area contributed by atoms with Crippen LogP contribution in [0.5, 0.6) is 0 Å². The van der Waals surface area contributed by atoms with E-state index in [9.17, 15) is 5.11 Å². The van der Waals surface area contributed by atoms with Crippen molar-refractivity contribution in [3.8, 4) is 0 Å². The van der Waals surface area contributed by atoms with Crippen LogP contribution in [0.3, 0.4) is 0 Å². The molecule has 0 aliphatic rings. The lowest BCUT2D eigenvalue weighted by Gasteiger charge is -2.19. The predicted molar refractivity (Wildman–Crippen MR) is 48.7 cm³/mol. The number of hydrogen-bond acceptors (Lipinski definition) is 2. The topological polar surface area (TPSA) is 20.2 Å². The van der Waals surface area contributed by atoms with Crippen molar-refractivity contribution >= 4 is 11.3 Å². The van der Waals surface area contributed by atoms with Crippen LogP contribution >= 0.6 is 11.3 Å². The molecule has 1 nitrogen and oxygen atoms in total. The molecule has 1 heterocycles. The predicted octanol–water partition coefficient (Wildman–Crippen LogP) is 2.53. The molecule has 1 atom stereocenters. The Balaban J connectivity index is 2.81. The highest BCUT2D eigenvalue weighted by Crippen LogP contribution is 2.28. The average Bonchev–Trinajstić information content (AvgIpc) is 2.37. The maximum absolute atomic E-state index is 9.81. The van der Waals surface area contributed by atoms with Gasteiger partial charge in [0, 0.05) is 4.88 Å². The molecule has 0 aliphatic heterocycles. The normalized spacial score (nSPS) is 15.8. The smallest absolute Gasteiger partial charge is 0.0993 e. The quantitative estimate of drug-likeness (QED) is 0.688. The van der Waals surface area contributed by atoms with Crippen LogP contribution in [0.1, 0.15) is 18.2 Å². The van der Waals surface area contributed by atoms with Gasteiger partial charge in [-0.2, -0.15) is 0 Å². The summed E-state index contributed by atoms with van der Waals surface area (Å²) in [5.74, 6) is 0. The fraction of sp³-hybridized carbons (Fsp3) is 0.333. The molecule has 0 spiro atoms. The van der Waals surface area contributed by atoms with Gasteiger partial charge in [0.05, 0.1) is 5.60 Å². The second-order valence-electron chi connectivity index (χ2n) is 2.74. The number of thiophene rings is 1. The molecule has 60 valence electrons. The molecular weight excluding hydrogens is 156 g/mol. The van der Waals surface area contributed by atoms with E-state index >= 15 is 0 Å². The molecule has 0 amide bonds. The van der Waals surface area contributed by atoms with Crippen molar-refractivity contribution in [2.24, 2.45) is 0 Å². The zero-order valence-electron chi connectivity index (χ0n) is 6.58. The Labute approximate surface area is 71.0 Å². The molecular formula is C9H12OS. The van der Waals surface area contributed by atoms with E-state index in [1.54, 1.807) is 24.3 Å². The maximum Gasteiger partial charge on any atom is 0.0993 e. The van der Waals surface area contributed by atoms with Crippen LogP contribution in [-0.2, 0) is 5.60 Å². The summed E-state index contributed by atoms with van der Waals surface area (Å²) in [6, 6.07) is 3.88. The fourth-order valence-electron chi connectivity index (χ4n) is 0.967. The zero-order valence-corrected chi connectivity index (χ0v) is 7.40. The summed E-state index contributed by atoms with van der Waals surface area (Å²) in [4.78, 5) is 0.998. The summed E-state index contributed by atoms with van der Waals surface area (Å²) in [5, 5.41) is 11.8. The highest BCUT2D eigenvalue weighted by Gasteiger charge is 2.21. The molecule has 0 saturated carbocycles. The van der Waals surface area contributed by atoms with Gasteiger partial charge in [-0.3, -0.25) is 0 Å². The van der Waals surface area contributed by atoms with Crippen LogP contribution < -0.4 is 0 Å². The maximum atomic E-state index is 9.81. The minimum absolute atomic E-state index is 0.605. The molecule has 0 radical (unpaired) electrons. The van der Waals surface area contributed by atoms with Crippen LogP contribution in [0.2, 0.25) is 0 Å². The molecule has 2 heteroatoms. The second-order valence-corrected chi connectivity index (χ2v) is 3.69. The third kappa shape index (κ3) is 1.91. The third-order valence-electron chi connectivity index (χ3n) is 1.59. The van der Waals surface area contributed by atoms with E-state index in [4.69, 9.17) is 0 Å². The lowest BCUT2D eigenvalue weighted by Crippen LogP contribution is -2.17. The number of aliphatic hydroxyl groups is 1. The standard InChI is InChI=1S/C9H12OS/c1-3-6-9(2,10)8-5-4-7-11-8/h3-5,7,10H,1,6H2,2H3/t9-/m0/s1. The molecule has 0 aromatic carbocycles. The Kier molecular flexibility index (Phi) is 2.47. The first-order valence-electron chi connectivity index (χ1n) is 3.54. The molecule has 0 fully saturated rings. The van der Waals surface area contributed by atoms with E-state index in [0.29, 0.717) is 6.42 Å². The summed E-state index contributed by atoms with van der Waals surface area (Å²) < 4.78 is 0. The Morgan fingerprint density at radius 2 is 2.55 bits per heavy atom. The van der Waals surface area contributed by atoms with Gasteiger partial charge in [-0.1, -0.05) is 12.1 Å². The number of rotatable bonds is 3. The summed E-state index contributed by atoms with van der Waals surface area (Å²) in [7, 11) is 0. The van der Waals surface area contributed by atoms with E-state index in [2.05, 4.69) is 6.58 Å². The summed E-state index contributed by atoms with van der Waals surface area (Å²) in [5.41, 5.74) is -0.726. The Morgan fingerprint density at radius 1 is 1.82 bits per heavy atom. The highest BCUT2D eigenvalue weighted by molar-refractivity contribution is 7.10. The van der Waals surface area contributed by atoms with Gasteiger partial charge in [0.2, 0.25) is 0 Å². The summed E-state index contributed by atoms with van der Waals surface area (Å²) in [6.07, 6.45) is 2.34. The molecule has 1 rings (SSSR count). The zero-order chi connectivity index (χ0) is 8.32. The second kappa shape index (κ2) is 3.20. The van der Waals surface area contributed by atoms with Crippen LogP contribution in [0, 0.1) is 0 Å². The molecule has 1 N–H and O–H groups in total. The van der Waals surface area contributed by atoms with Gasteiger partial charge in [0.25, 0.3) is 0 Å². The molecule has 1 aromatic heterocycles. The van der Waals surface area contributed by atoms with Gasteiger partial charge in [0.1, 0.15) is 0 Å². The summed E-state index contributed by atoms with van der Waals surface area (Å²) >= 11 is 1.57. The first kappa shape index (κ1) is 8.50. The van der Waals surface area contributed by atoms with E-state index in [-0.39, 0.29) is 0 Å². The Hall–Kier alpha value is -0.600. The molecule has 11 heavy (non-hydrogen) atoms. The van der Waals surface area contributed by atoms with Crippen LogP contribution in [0.15, 0.2) is 30.2 Å². The molecule has 1 aromatic rings. The molecule has 0 unspecified atom stereocenters. The molecule has 0 aliphatic carbocycles. The average molecular weight is 168 g/mol. The lowest BCUT2D eigenvalue weighted by atomic mass is 10.0. The SMILES string of the molecule is C=CC[C@](C)(O)c1cccs1. The van der Waals surface area contributed by atoms with Crippen molar-refractivity contribution in [1.29, 1.82) is 0 Å². The van der Waals surface area contributed by atoms with Crippen LogP contribution in [-0.4, -0.2) is 5.11 Å². The lowest BCUT2D eigenvalue weighted by molar-refractivity contribution is 0.0645.